The van der Waals surface area contributed by atoms with Crippen molar-refractivity contribution in [2.24, 2.45) is 0 Å². The highest BCUT2D eigenvalue weighted by molar-refractivity contribution is 5.82. The van der Waals surface area contributed by atoms with Crippen molar-refractivity contribution in [1.82, 2.24) is 19.7 Å². The zero-order valence-electron chi connectivity index (χ0n) is 16.7. The van der Waals surface area contributed by atoms with E-state index in [1.54, 1.807) is 18.0 Å². The number of benzene rings is 1. The van der Waals surface area contributed by atoms with E-state index in [0.29, 0.717) is 19.5 Å². The van der Waals surface area contributed by atoms with Crippen LogP contribution in [-0.4, -0.2) is 57.7 Å². The summed E-state index contributed by atoms with van der Waals surface area (Å²) in [6.45, 7) is 5.43. The molecule has 150 valence electrons. The van der Waals surface area contributed by atoms with Gasteiger partial charge in [0.05, 0.1) is 18.2 Å². The van der Waals surface area contributed by atoms with Crippen LogP contribution in [0.2, 0.25) is 0 Å². The number of carbonyl (C=O) groups is 2. The summed E-state index contributed by atoms with van der Waals surface area (Å²) in [5.41, 5.74) is 3.16. The van der Waals surface area contributed by atoms with Crippen molar-refractivity contribution in [2.75, 3.05) is 26.2 Å². The van der Waals surface area contributed by atoms with Crippen molar-refractivity contribution < 1.29 is 9.59 Å². The predicted octanol–water partition coefficient (Wildman–Crippen LogP) is 2.69. The van der Waals surface area contributed by atoms with Gasteiger partial charge in [-0.1, -0.05) is 30.3 Å². The van der Waals surface area contributed by atoms with Crippen molar-refractivity contribution in [3.05, 3.63) is 71.7 Å². The van der Waals surface area contributed by atoms with Gasteiger partial charge in [-0.2, -0.15) is 0 Å². The Hall–Kier alpha value is -2.99. The predicted molar refractivity (Wildman–Crippen MR) is 111 cm³/mol. The quantitative estimate of drug-likeness (QED) is 0.806. The van der Waals surface area contributed by atoms with Crippen LogP contribution in [0.15, 0.2) is 54.9 Å². The zero-order chi connectivity index (χ0) is 20.2. The molecule has 2 aliphatic heterocycles. The Labute approximate surface area is 171 Å². The number of piperazine rings is 1. The number of carbonyl (C=O) groups excluding carboxylic acids is 2. The van der Waals surface area contributed by atoms with Gasteiger partial charge < -0.3 is 9.80 Å². The Bertz CT molecular complexity index is 904. The molecule has 2 amide bonds. The van der Waals surface area contributed by atoms with Crippen molar-refractivity contribution >= 4 is 17.9 Å². The molecule has 29 heavy (non-hydrogen) atoms. The van der Waals surface area contributed by atoms with Gasteiger partial charge >= 0.3 is 0 Å². The summed E-state index contributed by atoms with van der Waals surface area (Å²) >= 11 is 0. The van der Waals surface area contributed by atoms with Crippen molar-refractivity contribution in [1.29, 1.82) is 0 Å². The maximum absolute atomic E-state index is 13.0. The normalized spacial score (nSPS) is 19.1. The molecule has 3 heterocycles. The first-order valence-corrected chi connectivity index (χ1v) is 10.1. The molecule has 6 nitrogen and oxygen atoms in total. The maximum atomic E-state index is 13.0. The van der Waals surface area contributed by atoms with Gasteiger partial charge in [-0.15, -0.1) is 0 Å². The molecule has 1 saturated heterocycles. The topological polar surface area (TPSA) is 56.8 Å². The van der Waals surface area contributed by atoms with E-state index in [-0.39, 0.29) is 17.9 Å². The zero-order valence-corrected chi connectivity index (χ0v) is 16.7. The molecule has 0 bridgehead atoms. The Morgan fingerprint density at radius 3 is 2.52 bits per heavy atom. The molecule has 1 unspecified atom stereocenters. The van der Waals surface area contributed by atoms with Gasteiger partial charge in [0.15, 0.2) is 0 Å². The van der Waals surface area contributed by atoms with E-state index >= 15 is 0 Å². The SMILES string of the molecule is CC(=O)N1C=Cc2ccccc2C1CC(=O)N1CCN(Cc2ccccn2)CC1. The lowest BCUT2D eigenvalue weighted by Crippen LogP contribution is -2.49. The molecule has 1 aromatic heterocycles. The van der Waals surface area contributed by atoms with Crippen LogP contribution in [-0.2, 0) is 16.1 Å². The van der Waals surface area contributed by atoms with Crippen LogP contribution in [0.5, 0.6) is 0 Å². The molecule has 2 aliphatic rings. The smallest absolute Gasteiger partial charge is 0.225 e. The minimum atomic E-state index is -0.243. The number of hydrogen-bond donors (Lipinski definition) is 0. The summed E-state index contributed by atoms with van der Waals surface area (Å²) in [6, 6.07) is 13.7. The van der Waals surface area contributed by atoms with Gasteiger partial charge in [0.25, 0.3) is 0 Å². The highest BCUT2D eigenvalue weighted by atomic mass is 16.2. The van der Waals surface area contributed by atoms with E-state index in [4.69, 9.17) is 0 Å². The molecule has 0 aliphatic carbocycles. The molecule has 1 aromatic carbocycles. The van der Waals surface area contributed by atoms with Crippen molar-refractivity contribution in [2.45, 2.75) is 25.9 Å². The molecule has 2 aromatic rings. The molecule has 4 rings (SSSR count). The Kier molecular flexibility index (Phi) is 5.71. The number of hydrogen-bond acceptors (Lipinski definition) is 4. The monoisotopic (exact) mass is 390 g/mol. The summed E-state index contributed by atoms with van der Waals surface area (Å²) in [6.07, 6.45) is 5.86. The van der Waals surface area contributed by atoms with E-state index in [0.717, 1.165) is 36.5 Å². The second kappa shape index (κ2) is 8.57. The highest BCUT2D eigenvalue weighted by Crippen LogP contribution is 2.33. The number of amides is 2. The van der Waals surface area contributed by atoms with E-state index in [9.17, 15) is 9.59 Å². The molecule has 6 heteroatoms. The highest BCUT2D eigenvalue weighted by Gasteiger charge is 2.30. The number of nitrogens with zero attached hydrogens (tertiary/aromatic N) is 4. The fraction of sp³-hybridized carbons (Fsp3) is 0.348. The lowest BCUT2D eigenvalue weighted by atomic mass is 9.93. The van der Waals surface area contributed by atoms with Crippen LogP contribution in [0, 0.1) is 0 Å². The fourth-order valence-electron chi connectivity index (χ4n) is 4.08. The first kappa shape index (κ1) is 19.3. The van der Waals surface area contributed by atoms with Crippen molar-refractivity contribution in [3.63, 3.8) is 0 Å². The second-order valence-corrected chi connectivity index (χ2v) is 7.57. The number of aromatic nitrogens is 1. The fourth-order valence-corrected chi connectivity index (χ4v) is 4.08. The van der Waals surface area contributed by atoms with Gasteiger partial charge in [-0.05, 0) is 29.3 Å². The lowest BCUT2D eigenvalue weighted by Gasteiger charge is -2.37. The van der Waals surface area contributed by atoms with Gasteiger partial charge in [0, 0.05) is 52.0 Å². The van der Waals surface area contributed by atoms with Crippen LogP contribution in [0.3, 0.4) is 0 Å². The molecule has 0 radical (unpaired) electrons. The van der Waals surface area contributed by atoms with Crippen LogP contribution < -0.4 is 0 Å². The number of fused-ring (bicyclic) bond motifs is 1. The Balaban J connectivity index is 1.39. The third-order valence-corrected chi connectivity index (χ3v) is 5.67. The molecule has 1 fully saturated rings. The summed E-state index contributed by atoms with van der Waals surface area (Å²) in [7, 11) is 0. The summed E-state index contributed by atoms with van der Waals surface area (Å²) in [5.74, 6) is 0.0533. The Morgan fingerprint density at radius 1 is 1.03 bits per heavy atom. The minimum Gasteiger partial charge on any atom is -0.340 e. The van der Waals surface area contributed by atoms with E-state index in [1.807, 2.05) is 59.6 Å². The Morgan fingerprint density at radius 2 is 1.79 bits per heavy atom. The number of pyridine rings is 1. The van der Waals surface area contributed by atoms with Gasteiger partial charge in [-0.25, -0.2) is 0 Å². The van der Waals surface area contributed by atoms with Crippen LogP contribution in [0.25, 0.3) is 6.08 Å². The molecule has 0 N–H and O–H groups in total. The molecule has 0 saturated carbocycles. The van der Waals surface area contributed by atoms with E-state index in [2.05, 4.69) is 9.88 Å². The third kappa shape index (κ3) is 4.38. The molecular weight excluding hydrogens is 364 g/mol. The maximum Gasteiger partial charge on any atom is 0.225 e. The third-order valence-electron chi connectivity index (χ3n) is 5.67. The lowest BCUT2D eigenvalue weighted by molar-refractivity contribution is -0.136. The number of rotatable bonds is 4. The van der Waals surface area contributed by atoms with Gasteiger partial charge in [0.1, 0.15) is 0 Å². The summed E-state index contributed by atoms with van der Waals surface area (Å²) < 4.78 is 0. The van der Waals surface area contributed by atoms with Crippen molar-refractivity contribution in [3.8, 4) is 0 Å². The van der Waals surface area contributed by atoms with Gasteiger partial charge in [0.2, 0.25) is 11.8 Å². The largest absolute Gasteiger partial charge is 0.340 e. The first-order chi connectivity index (χ1) is 14.1. The average molecular weight is 390 g/mol. The van der Waals surface area contributed by atoms with E-state index < -0.39 is 0 Å². The molecule has 0 spiro atoms. The van der Waals surface area contributed by atoms with Crippen LogP contribution in [0.4, 0.5) is 0 Å². The second-order valence-electron chi connectivity index (χ2n) is 7.57. The minimum absolute atomic E-state index is 0.0475. The summed E-state index contributed by atoms with van der Waals surface area (Å²) in [5, 5.41) is 0. The standard InChI is InChI=1S/C23H26N4O2/c1-18(28)27-11-9-19-6-2-3-8-21(19)22(27)16-23(29)26-14-12-25(13-15-26)17-20-7-4-5-10-24-20/h2-11,22H,12-17H2,1H3. The van der Waals surface area contributed by atoms with E-state index in [1.165, 1.54) is 0 Å². The molecule has 1 atom stereocenters. The average Bonchev–Trinajstić information content (AvgIpc) is 2.75. The summed E-state index contributed by atoms with van der Waals surface area (Å²) in [4.78, 5) is 35.5. The van der Waals surface area contributed by atoms with Crippen LogP contribution >= 0.6 is 0 Å². The van der Waals surface area contributed by atoms with Gasteiger partial charge in [-0.3, -0.25) is 19.5 Å². The first-order valence-electron chi connectivity index (χ1n) is 10.1. The molecular formula is C23H26N4O2. The van der Waals surface area contributed by atoms with Crippen LogP contribution in [0.1, 0.15) is 36.2 Å².